The van der Waals surface area contributed by atoms with Crippen LogP contribution in [-0.4, -0.2) is 78.2 Å². The van der Waals surface area contributed by atoms with Crippen molar-refractivity contribution in [3.63, 3.8) is 0 Å². The van der Waals surface area contributed by atoms with E-state index >= 15 is 0 Å². The summed E-state index contributed by atoms with van der Waals surface area (Å²) in [5.41, 5.74) is 2.01. The Balaban J connectivity index is 0.000000396. The van der Waals surface area contributed by atoms with Crippen molar-refractivity contribution in [3.05, 3.63) is 29.6 Å². The third kappa shape index (κ3) is 6.92. The first-order valence-corrected chi connectivity index (χ1v) is 9.27. The molecular weight excluding hydrogens is 409 g/mol. The number of carbonyl (C=O) groups excluding carboxylic acids is 1. The van der Waals surface area contributed by atoms with Gasteiger partial charge in [0.1, 0.15) is 12.2 Å². The molecule has 2 aliphatic heterocycles. The monoisotopic (exact) mass is 434 g/mol. The van der Waals surface area contributed by atoms with Crippen molar-refractivity contribution in [3.8, 4) is 0 Å². The van der Waals surface area contributed by atoms with Gasteiger partial charge in [-0.25, -0.2) is 4.79 Å². The van der Waals surface area contributed by atoms with Gasteiger partial charge in [0, 0.05) is 32.5 Å². The standard InChI is InChI=1S/C17H24N2O4.C2HF3O2/c1-13-5-14(8-18-7-13)9-22-15-3-4-23-17(6-15)11-19(12-17)16(20)10-21-2;3-2(4,5)1(6)7/h5,7-8,15H,3-4,6,9-12H2,1-2H3;(H,6,7). The third-order valence-electron chi connectivity index (χ3n) is 4.69. The minimum atomic E-state index is -5.08. The van der Waals surface area contributed by atoms with Gasteiger partial charge in [-0.3, -0.25) is 9.78 Å². The smallest absolute Gasteiger partial charge is 0.475 e. The van der Waals surface area contributed by atoms with E-state index in [1.807, 2.05) is 19.3 Å². The highest BCUT2D eigenvalue weighted by atomic mass is 19.4. The van der Waals surface area contributed by atoms with Crippen LogP contribution in [0.25, 0.3) is 0 Å². The average molecular weight is 434 g/mol. The number of amides is 1. The van der Waals surface area contributed by atoms with E-state index in [-0.39, 0.29) is 24.2 Å². The van der Waals surface area contributed by atoms with Gasteiger partial charge in [0.05, 0.1) is 25.8 Å². The maximum Gasteiger partial charge on any atom is 0.490 e. The Hall–Kier alpha value is -2.24. The molecule has 11 heteroatoms. The van der Waals surface area contributed by atoms with Gasteiger partial charge < -0.3 is 24.2 Å². The molecular formula is C19H25F3N2O6. The van der Waals surface area contributed by atoms with E-state index in [2.05, 4.69) is 11.1 Å². The molecule has 1 unspecified atom stereocenters. The number of rotatable bonds is 5. The molecule has 1 aromatic rings. The molecule has 1 aromatic heterocycles. The molecule has 30 heavy (non-hydrogen) atoms. The Bertz CT molecular complexity index is 737. The number of pyridine rings is 1. The lowest BCUT2D eigenvalue weighted by Gasteiger charge is -2.52. The number of hydrogen-bond donors (Lipinski definition) is 1. The fraction of sp³-hybridized carbons (Fsp3) is 0.632. The van der Waals surface area contributed by atoms with Gasteiger partial charge in [-0.05, 0) is 24.5 Å². The van der Waals surface area contributed by atoms with Crippen LogP contribution in [0.4, 0.5) is 13.2 Å². The summed E-state index contributed by atoms with van der Waals surface area (Å²) >= 11 is 0. The number of aromatic nitrogens is 1. The normalized spacial score (nSPS) is 20.2. The Morgan fingerprint density at radius 3 is 2.60 bits per heavy atom. The van der Waals surface area contributed by atoms with Gasteiger partial charge >= 0.3 is 12.1 Å². The Labute approximate surface area is 171 Å². The van der Waals surface area contributed by atoms with Gasteiger partial charge in [-0.2, -0.15) is 13.2 Å². The highest BCUT2D eigenvalue weighted by Gasteiger charge is 2.49. The van der Waals surface area contributed by atoms with E-state index in [0.29, 0.717) is 26.3 Å². The summed E-state index contributed by atoms with van der Waals surface area (Å²) in [6, 6.07) is 2.09. The van der Waals surface area contributed by atoms with E-state index in [1.165, 1.54) is 7.11 Å². The minimum absolute atomic E-state index is 0.0237. The van der Waals surface area contributed by atoms with E-state index in [9.17, 15) is 18.0 Å². The molecule has 0 saturated carbocycles. The van der Waals surface area contributed by atoms with Gasteiger partial charge in [-0.1, -0.05) is 6.07 Å². The first-order chi connectivity index (χ1) is 14.0. The maximum atomic E-state index is 11.8. The number of hydrogen-bond acceptors (Lipinski definition) is 6. The summed E-state index contributed by atoms with van der Waals surface area (Å²) in [7, 11) is 1.54. The predicted molar refractivity (Wildman–Crippen MR) is 97.6 cm³/mol. The summed E-state index contributed by atoms with van der Waals surface area (Å²) in [5, 5.41) is 7.12. The summed E-state index contributed by atoms with van der Waals surface area (Å²) < 4.78 is 48.6. The molecule has 0 aromatic carbocycles. The quantitative estimate of drug-likeness (QED) is 0.756. The number of aliphatic carboxylic acids is 1. The van der Waals surface area contributed by atoms with Crippen LogP contribution in [0.1, 0.15) is 24.0 Å². The Kier molecular flexibility index (Phi) is 8.16. The van der Waals surface area contributed by atoms with Crippen molar-refractivity contribution in [2.24, 2.45) is 0 Å². The highest BCUT2D eigenvalue weighted by Crippen LogP contribution is 2.35. The Morgan fingerprint density at radius 2 is 2.03 bits per heavy atom. The number of likely N-dealkylation sites (tertiary alicyclic amines) is 1. The zero-order valence-electron chi connectivity index (χ0n) is 16.8. The number of methoxy groups -OCH3 is 1. The topological polar surface area (TPSA) is 98.2 Å². The fourth-order valence-corrected chi connectivity index (χ4v) is 3.30. The van der Waals surface area contributed by atoms with Gasteiger partial charge in [-0.15, -0.1) is 0 Å². The number of nitrogens with zero attached hydrogens (tertiary/aromatic N) is 2. The predicted octanol–water partition coefficient (Wildman–Crippen LogP) is 1.95. The SMILES string of the molecule is COCC(=O)N1CC2(CC(OCc3cncc(C)c3)CCO2)C1.O=C(O)C(F)(F)F. The van der Waals surface area contributed by atoms with Crippen LogP contribution in [0.5, 0.6) is 0 Å². The number of carboxylic acids is 1. The van der Waals surface area contributed by atoms with Crippen molar-refractivity contribution in [1.29, 1.82) is 0 Å². The number of alkyl halides is 3. The van der Waals surface area contributed by atoms with Crippen molar-refractivity contribution in [2.75, 3.05) is 33.4 Å². The zero-order chi connectivity index (χ0) is 22.4. The number of halogens is 3. The third-order valence-corrected chi connectivity index (χ3v) is 4.69. The highest BCUT2D eigenvalue weighted by molar-refractivity contribution is 5.78. The first-order valence-electron chi connectivity index (χ1n) is 9.27. The molecule has 2 aliphatic rings. The molecule has 2 fully saturated rings. The van der Waals surface area contributed by atoms with E-state index in [0.717, 1.165) is 24.0 Å². The lowest BCUT2D eigenvalue weighted by atomic mass is 9.84. The fourth-order valence-electron chi connectivity index (χ4n) is 3.30. The molecule has 1 amide bonds. The first kappa shape index (κ1) is 24.0. The molecule has 1 spiro atoms. The maximum absolute atomic E-state index is 11.8. The van der Waals surface area contributed by atoms with Crippen LogP contribution in [0.3, 0.4) is 0 Å². The summed E-state index contributed by atoms with van der Waals surface area (Å²) in [6.45, 7) is 4.70. The van der Waals surface area contributed by atoms with Crippen molar-refractivity contribution in [2.45, 2.75) is 44.3 Å². The number of aryl methyl sites for hydroxylation is 1. The zero-order valence-corrected chi connectivity index (χ0v) is 16.8. The largest absolute Gasteiger partial charge is 0.490 e. The molecule has 0 radical (unpaired) electrons. The van der Waals surface area contributed by atoms with E-state index in [1.54, 1.807) is 4.90 Å². The lowest BCUT2D eigenvalue weighted by Crippen LogP contribution is -2.67. The second-order valence-corrected chi connectivity index (χ2v) is 7.31. The van der Waals surface area contributed by atoms with Crippen LogP contribution in [0.2, 0.25) is 0 Å². The van der Waals surface area contributed by atoms with E-state index < -0.39 is 12.1 Å². The number of carbonyl (C=O) groups is 2. The molecule has 2 saturated heterocycles. The molecule has 1 N–H and O–H groups in total. The summed E-state index contributed by atoms with van der Waals surface area (Å²) in [4.78, 5) is 26.7. The second-order valence-electron chi connectivity index (χ2n) is 7.31. The average Bonchev–Trinajstić information content (AvgIpc) is 2.64. The van der Waals surface area contributed by atoms with Crippen molar-refractivity contribution >= 4 is 11.9 Å². The molecule has 3 heterocycles. The second kappa shape index (κ2) is 10.2. The van der Waals surface area contributed by atoms with Gasteiger partial charge in [0.25, 0.3) is 0 Å². The summed E-state index contributed by atoms with van der Waals surface area (Å²) in [6.07, 6.45) is 0.503. The van der Waals surface area contributed by atoms with Crippen molar-refractivity contribution in [1.82, 2.24) is 9.88 Å². The molecule has 8 nitrogen and oxygen atoms in total. The van der Waals surface area contributed by atoms with Crippen LogP contribution >= 0.6 is 0 Å². The van der Waals surface area contributed by atoms with Crippen LogP contribution in [0, 0.1) is 6.92 Å². The van der Waals surface area contributed by atoms with Crippen LogP contribution in [-0.2, 0) is 30.4 Å². The summed E-state index contributed by atoms with van der Waals surface area (Å²) in [5.74, 6) is -2.73. The Morgan fingerprint density at radius 1 is 1.37 bits per heavy atom. The number of carboxylic acid groups (broad SMARTS) is 1. The molecule has 0 bridgehead atoms. The van der Waals surface area contributed by atoms with Crippen LogP contribution in [0.15, 0.2) is 18.5 Å². The van der Waals surface area contributed by atoms with Crippen LogP contribution < -0.4 is 0 Å². The lowest BCUT2D eigenvalue weighted by molar-refractivity contribution is -0.203. The minimum Gasteiger partial charge on any atom is -0.475 e. The molecule has 0 aliphatic carbocycles. The van der Waals surface area contributed by atoms with Gasteiger partial charge in [0.15, 0.2) is 0 Å². The number of ether oxygens (including phenoxy) is 3. The van der Waals surface area contributed by atoms with E-state index in [4.69, 9.17) is 24.1 Å². The van der Waals surface area contributed by atoms with Gasteiger partial charge in [0.2, 0.25) is 5.91 Å². The molecule has 1 atom stereocenters. The molecule has 3 rings (SSSR count). The molecule has 168 valence electrons. The van der Waals surface area contributed by atoms with Crippen molar-refractivity contribution < 1.29 is 42.1 Å².